The Morgan fingerprint density at radius 2 is 1.84 bits per heavy atom. The summed E-state index contributed by atoms with van der Waals surface area (Å²) in [5.41, 5.74) is 2.54. The van der Waals surface area contributed by atoms with Crippen molar-refractivity contribution in [2.45, 2.75) is 18.6 Å². The molecule has 0 amide bonds. The van der Waals surface area contributed by atoms with E-state index in [0.717, 1.165) is 22.7 Å². The second-order valence-electron chi connectivity index (χ2n) is 7.40. The summed E-state index contributed by atoms with van der Waals surface area (Å²) in [6.45, 7) is 0.525. The van der Waals surface area contributed by atoms with Gasteiger partial charge in [-0.05, 0) is 82.7 Å². The first kappa shape index (κ1) is 20.8. The van der Waals surface area contributed by atoms with Gasteiger partial charge in [0.25, 0.3) is 0 Å². The van der Waals surface area contributed by atoms with Crippen molar-refractivity contribution in [1.82, 2.24) is 20.2 Å². The highest BCUT2D eigenvalue weighted by atomic mass is 79.9. The van der Waals surface area contributed by atoms with Crippen molar-refractivity contribution >= 4 is 33.3 Å². The summed E-state index contributed by atoms with van der Waals surface area (Å²) in [6, 6.07) is 19.6. The fourth-order valence-electron chi connectivity index (χ4n) is 3.90. The molecular formula is C24H18BrFN4OS. The number of nitrogens with one attached hydrogen (secondary N) is 1. The van der Waals surface area contributed by atoms with E-state index in [4.69, 9.17) is 16.6 Å². The molecule has 1 fully saturated rings. The molecule has 1 saturated heterocycles. The highest BCUT2D eigenvalue weighted by Crippen LogP contribution is 2.41. The van der Waals surface area contributed by atoms with Crippen molar-refractivity contribution in [3.05, 3.63) is 107 Å². The Bertz CT molecular complexity index is 1250. The Hall–Kier alpha value is -3.10. The first-order valence-corrected chi connectivity index (χ1v) is 11.2. The Kier molecular flexibility index (Phi) is 5.71. The van der Waals surface area contributed by atoms with Crippen LogP contribution in [0, 0.1) is 5.82 Å². The monoisotopic (exact) mass is 508 g/mol. The summed E-state index contributed by atoms with van der Waals surface area (Å²) in [5.74, 6) is 1.06. The summed E-state index contributed by atoms with van der Waals surface area (Å²) < 4.78 is 20.5. The Balaban J connectivity index is 1.55. The number of thiocarbonyl (C=S) groups is 1. The number of nitrogens with zero attached hydrogens (tertiary/aromatic N) is 3. The maximum Gasteiger partial charge on any atom is 0.170 e. The smallest absolute Gasteiger partial charge is 0.170 e. The fourth-order valence-corrected chi connectivity index (χ4v) is 4.75. The van der Waals surface area contributed by atoms with E-state index in [2.05, 4.69) is 36.1 Å². The Morgan fingerprint density at radius 1 is 1.03 bits per heavy atom. The number of hydrogen-bond acceptors (Lipinski definition) is 4. The van der Waals surface area contributed by atoms with Gasteiger partial charge in [-0.25, -0.2) is 4.39 Å². The lowest BCUT2D eigenvalue weighted by Gasteiger charge is -2.25. The lowest BCUT2D eigenvalue weighted by atomic mass is 10.0. The standard InChI is InChI=1S/C24H18BrFN4OS/c25-18-13-15(26)7-8-17(18)20-9-10-21(31-20)23-22(19-6-2-4-12-28-19)29-24(32)30(23)14-16-5-1-3-11-27-16/h1-13,22-23H,14H2,(H,29,32)/t22-,23+/m0/s1. The first-order chi connectivity index (χ1) is 15.6. The van der Waals surface area contributed by atoms with Crippen LogP contribution in [0.25, 0.3) is 11.3 Å². The number of furan rings is 1. The number of halogens is 2. The molecule has 160 valence electrons. The van der Waals surface area contributed by atoms with Crippen LogP contribution in [0.2, 0.25) is 0 Å². The van der Waals surface area contributed by atoms with Gasteiger partial charge in [-0.1, -0.05) is 12.1 Å². The molecule has 0 aliphatic carbocycles. The van der Waals surface area contributed by atoms with Gasteiger partial charge in [0.05, 0.1) is 24.0 Å². The molecule has 0 saturated carbocycles. The van der Waals surface area contributed by atoms with Crippen LogP contribution in [-0.2, 0) is 6.54 Å². The van der Waals surface area contributed by atoms with Crippen LogP contribution in [0.15, 0.2) is 88.0 Å². The number of benzene rings is 1. The molecule has 1 aliphatic rings. The zero-order valence-corrected chi connectivity index (χ0v) is 19.2. The fraction of sp³-hybridized carbons (Fsp3) is 0.125. The van der Waals surface area contributed by atoms with E-state index in [-0.39, 0.29) is 17.9 Å². The van der Waals surface area contributed by atoms with Crippen LogP contribution in [0.4, 0.5) is 4.39 Å². The van der Waals surface area contributed by atoms with Gasteiger partial charge in [0.15, 0.2) is 5.11 Å². The van der Waals surface area contributed by atoms with Crippen LogP contribution in [0.5, 0.6) is 0 Å². The maximum atomic E-state index is 13.6. The van der Waals surface area contributed by atoms with E-state index in [9.17, 15) is 4.39 Å². The van der Waals surface area contributed by atoms with Crippen molar-refractivity contribution < 1.29 is 8.81 Å². The SMILES string of the molecule is Fc1ccc(-c2ccc([C@@H]3[C@H](c4ccccn4)NC(=S)N3Cc3ccccn3)o2)c(Br)c1. The maximum absolute atomic E-state index is 13.6. The molecule has 5 nitrogen and oxygen atoms in total. The third-order valence-electron chi connectivity index (χ3n) is 5.37. The summed E-state index contributed by atoms with van der Waals surface area (Å²) in [5, 5.41) is 4.01. The van der Waals surface area contributed by atoms with E-state index in [0.29, 0.717) is 21.9 Å². The lowest BCUT2D eigenvalue weighted by molar-refractivity contribution is 0.267. The van der Waals surface area contributed by atoms with Crippen molar-refractivity contribution in [3.8, 4) is 11.3 Å². The molecular weight excluding hydrogens is 491 g/mol. The molecule has 0 unspecified atom stereocenters. The van der Waals surface area contributed by atoms with E-state index >= 15 is 0 Å². The number of hydrogen-bond donors (Lipinski definition) is 1. The molecule has 1 N–H and O–H groups in total. The van der Waals surface area contributed by atoms with E-state index in [1.165, 1.54) is 12.1 Å². The lowest BCUT2D eigenvalue weighted by Crippen LogP contribution is -2.29. The molecule has 0 bridgehead atoms. The minimum absolute atomic E-state index is 0.192. The van der Waals surface area contributed by atoms with Gasteiger partial charge < -0.3 is 14.6 Å². The molecule has 1 aromatic carbocycles. The molecule has 8 heteroatoms. The van der Waals surface area contributed by atoms with E-state index in [1.807, 2.05) is 48.5 Å². The summed E-state index contributed by atoms with van der Waals surface area (Å²) in [4.78, 5) is 11.1. The number of rotatable bonds is 5. The van der Waals surface area contributed by atoms with Crippen molar-refractivity contribution in [3.63, 3.8) is 0 Å². The third-order valence-corrected chi connectivity index (χ3v) is 6.38. The summed E-state index contributed by atoms with van der Waals surface area (Å²) >= 11 is 9.13. The molecule has 3 aromatic heterocycles. The molecule has 4 heterocycles. The highest BCUT2D eigenvalue weighted by Gasteiger charge is 2.41. The molecule has 1 aliphatic heterocycles. The topological polar surface area (TPSA) is 54.2 Å². The third kappa shape index (κ3) is 4.03. The van der Waals surface area contributed by atoms with Gasteiger partial charge in [-0.15, -0.1) is 0 Å². The largest absolute Gasteiger partial charge is 0.459 e. The quantitative estimate of drug-likeness (QED) is 0.343. The predicted molar refractivity (Wildman–Crippen MR) is 127 cm³/mol. The van der Waals surface area contributed by atoms with Crippen molar-refractivity contribution in [2.75, 3.05) is 0 Å². The van der Waals surface area contributed by atoms with Crippen molar-refractivity contribution in [2.24, 2.45) is 0 Å². The van der Waals surface area contributed by atoms with Crippen LogP contribution < -0.4 is 5.32 Å². The molecule has 32 heavy (non-hydrogen) atoms. The van der Waals surface area contributed by atoms with Crippen LogP contribution in [0.3, 0.4) is 0 Å². The van der Waals surface area contributed by atoms with Gasteiger partial charge in [0.1, 0.15) is 23.4 Å². The normalized spacial score (nSPS) is 18.1. The molecule has 0 spiro atoms. The minimum atomic E-state index is -0.311. The summed E-state index contributed by atoms with van der Waals surface area (Å²) in [7, 11) is 0. The number of aromatic nitrogens is 2. The zero-order valence-electron chi connectivity index (χ0n) is 16.8. The number of pyridine rings is 2. The second-order valence-corrected chi connectivity index (χ2v) is 8.64. The molecule has 2 atom stereocenters. The Morgan fingerprint density at radius 3 is 2.56 bits per heavy atom. The Labute approximate surface area is 198 Å². The highest BCUT2D eigenvalue weighted by molar-refractivity contribution is 9.10. The minimum Gasteiger partial charge on any atom is -0.459 e. The van der Waals surface area contributed by atoms with E-state index in [1.54, 1.807) is 18.5 Å². The average Bonchev–Trinajstić information content (AvgIpc) is 3.40. The van der Waals surface area contributed by atoms with Gasteiger partial charge in [-0.2, -0.15) is 0 Å². The first-order valence-electron chi connectivity index (χ1n) is 10.0. The molecule has 4 aromatic rings. The van der Waals surface area contributed by atoms with Crippen LogP contribution >= 0.6 is 28.1 Å². The van der Waals surface area contributed by atoms with Gasteiger partial charge >= 0.3 is 0 Å². The second kappa shape index (κ2) is 8.80. The average molecular weight is 509 g/mol. The molecule has 0 radical (unpaired) electrons. The van der Waals surface area contributed by atoms with Crippen molar-refractivity contribution in [1.29, 1.82) is 0 Å². The van der Waals surface area contributed by atoms with Gasteiger partial charge in [0.2, 0.25) is 0 Å². The van der Waals surface area contributed by atoms with Gasteiger partial charge in [0, 0.05) is 22.4 Å². The van der Waals surface area contributed by atoms with Crippen LogP contribution in [0.1, 0.15) is 29.2 Å². The van der Waals surface area contributed by atoms with E-state index < -0.39 is 0 Å². The molecule has 5 rings (SSSR count). The van der Waals surface area contributed by atoms with Gasteiger partial charge in [-0.3, -0.25) is 9.97 Å². The predicted octanol–water partition coefficient (Wildman–Crippen LogP) is 5.81. The van der Waals surface area contributed by atoms with Crippen LogP contribution in [-0.4, -0.2) is 20.0 Å². The summed E-state index contributed by atoms with van der Waals surface area (Å²) in [6.07, 6.45) is 3.53. The zero-order chi connectivity index (χ0) is 22.1.